The molecule has 44 heavy (non-hydrogen) atoms. The van der Waals surface area contributed by atoms with E-state index in [1.807, 2.05) is 35.1 Å². The zero-order valence-corrected chi connectivity index (χ0v) is 24.2. The maximum absolute atomic E-state index is 13.8. The number of rotatable bonds is 9. The number of halogens is 6. The fourth-order valence-electron chi connectivity index (χ4n) is 4.26. The molecule has 232 valence electrons. The first kappa shape index (κ1) is 31.7. The van der Waals surface area contributed by atoms with Gasteiger partial charge in [0.15, 0.2) is 15.1 Å². The van der Waals surface area contributed by atoms with Crippen molar-refractivity contribution in [3.05, 3.63) is 100 Å². The van der Waals surface area contributed by atoms with Gasteiger partial charge < -0.3 is 8.97 Å². The third kappa shape index (κ3) is 7.15. The van der Waals surface area contributed by atoms with Crippen LogP contribution in [0.4, 0.5) is 26.3 Å². The van der Waals surface area contributed by atoms with Gasteiger partial charge in [0.25, 0.3) is 0 Å². The molecule has 0 bridgehead atoms. The lowest BCUT2D eigenvalue weighted by Gasteiger charge is -2.16. The Balaban J connectivity index is 1.60. The molecule has 3 aromatic carbocycles. The Hall–Kier alpha value is -3.71. The van der Waals surface area contributed by atoms with Crippen LogP contribution in [0.2, 0.25) is 0 Å². The van der Waals surface area contributed by atoms with Gasteiger partial charge in [-0.1, -0.05) is 36.4 Å². The van der Waals surface area contributed by atoms with Crippen LogP contribution in [0.3, 0.4) is 0 Å². The molecule has 2 aromatic heterocycles. The molecule has 5 rings (SSSR count). The summed E-state index contributed by atoms with van der Waals surface area (Å²) in [5.74, 6) is -2.24. The second kappa shape index (κ2) is 12.0. The highest BCUT2D eigenvalue weighted by molar-refractivity contribution is 7.91. The van der Waals surface area contributed by atoms with Crippen molar-refractivity contribution in [1.82, 2.24) is 19.9 Å². The Morgan fingerprint density at radius 2 is 1.57 bits per heavy atom. The highest BCUT2D eigenvalue weighted by atomic mass is 32.2. The molecule has 1 N–H and O–H groups in total. The minimum atomic E-state index is -5.20. The molecular formula is C26H17F6N4O5S3-. The Morgan fingerprint density at radius 3 is 2.18 bits per heavy atom. The summed E-state index contributed by atoms with van der Waals surface area (Å²) in [6, 6.07) is 14.8. The number of benzene rings is 3. The Bertz CT molecular complexity index is 1910. The normalized spacial score (nSPS) is 14.2. The van der Waals surface area contributed by atoms with Crippen molar-refractivity contribution >= 4 is 42.7 Å². The Kier molecular flexibility index (Phi) is 8.65. The number of thiazole rings is 1. The van der Waals surface area contributed by atoms with Gasteiger partial charge in [0.2, 0.25) is 11.8 Å². The lowest BCUT2D eigenvalue weighted by Crippen LogP contribution is -2.19. The van der Waals surface area contributed by atoms with Gasteiger partial charge in [-0.3, -0.25) is 4.21 Å². The van der Waals surface area contributed by atoms with Crippen molar-refractivity contribution in [3.63, 3.8) is 0 Å². The van der Waals surface area contributed by atoms with Crippen molar-refractivity contribution in [3.8, 4) is 11.1 Å². The van der Waals surface area contributed by atoms with E-state index in [0.717, 1.165) is 22.5 Å². The molecule has 2 unspecified atom stereocenters. The molecule has 18 heteroatoms. The first-order valence-electron chi connectivity index (χ1n) is 12.2. The highest BCUT2D eigenvalue weighted by Gasteiger charge is 2.40. The van der Waals surface area contributed by atoms with E-state index in [1.165, 1.54) is 0 Å². The molecule has 0 saturated heterocycles. The molecule has 0 aliphatic carbocycles. The van der Waals surface area contributed by atoms with E-state index in [2.05, 4.69) is 15.2 Å². The van der Waals surface area contributed by atoms with Crippen molar-refractivity contribution in [1.29, 1.82) is 0 Å². The number of nitrogens with zero attached hydrogens (tertiary/aromatic N) is 3. The number of hydrogen-bond acceptors (Lipinski definition) is 9. The summed E-state index contributed by atoms with van der Waals surface area (Å²) in [6.45, 7) is -0.515. The van der Waals surface area contributed by atoms with Crippen LogP contribution in [0.15, 0.2) is 71.1 Å². The second-order valence-electron chi connectivity index (χ2n) is 9.29. The fraction of sp³-hybridized carbons (Fsp3) is 0.192. The third-order valence-corrected chi connectivity index (χ3v) is 9.65. The Labute approximate surface area is 251 Å². The molecule has 5 aromatic rings. The number of fused-ring (bicyclic) bond motifs is 1. The summed E-state index contributed by atoms with van der Waals surface area (Å²) >= 11 is -1.84. The van der Waals surface area contributed by atoms with Gasteiger partial charge in [-0.05, 0) is 47.0 Å². The molecule has 0 aliphatic heterocycles. The number of sulfone groups is 1. The van der Waals surface area contributed by atoms with Crippen LogP contribution in [-0.4, -0.2) is 32.4 Å². The summed E-state index contributed by atoms with van der Waals surface area (Å²) in [7, 11) is -4.76. The van der Waals surface area contributed by atoms with Gasteiger partial charge in [0, 0.05) is 11.3 Å². The number of alkyl halides is 6. The molecule has 0 amide bonds. The fourth-order valence-corrected chi connectivity index (χ4v) is 7.63. The van der Waals surface area contributed by atoms with E-state index in [0.29, 0.717) is 22.3 Å². The van der Waals surface area contributed by atoms with E-state index in [1.54, 1.807) is 18.2 Å². The predicted molar refractivity (Wildman–Crippen MR) is 146 cm³/mol. The summed E-state index contributed by atoms with van der Waals surface area (Å²) in [6.07, 6.45) is -10.4. The molecule has 0 aliphatic rings. The number of hydrogen-bond donors (Lipinski definition) is 1. The SMILES string of the molecule is O=S([O-])NCc1nnc(C(c2nc3ccc(-c4ccccc4)cc3s2)S(=O)(=O)Cc2cc(C(F)(F)F)cc(C(F)(F)F)c2)o1. The standard InChI is InChI=1S/C26H18F6N4O5S3/c27-25(28,29)17-8-14(9-18(11-17)26(30,31)32)13-44(39,40)22(23-36-35-21(41-23)12-33-43(37)38)24-34-19-7-6-16(10-20(19)42-24)15-4-2-1-3-5-15/h1-11,22,33H,12-13H2,(H,37,38)/p-1. The predicted octanol–water partition coefficient (Wildman–Crippen LogP) is 5.97. The number of nitrogens with one attached hydrogen (secondary N) is 1. The van der Waals surface area contributed by atoms with Crippen LogP contribution in [0.1, 0.15) is 38.7 Å². The zero-order valence-electron chi connectivity index (χ0n) is 21.7. The van der Waals surface area contributed by atoms with Gasteiger partial charge in [-0.15, -0.1) is 21.5 Å². The first-order valence-corrected chi connectivity index (χ1v) is 15.8. The summed E-state index contributed by atoms with van der Waals surface area (Å²) < 4.78 is 138. The average molecular weight is 676 g/mol. The highest BCUT2D eigenvalue weighted by Crippen LogP contribution is 2.40. The lowest BCUT2D eigenvalue weighted by atomic mass is 10.1. The van der Waals surface area contributed by atoms with E-state index in [9.17, 15) is 43.5 Å². The maximum Gasteiger partial charge on any atom is 0.416 e. The zero-order chi connectivity index (χ0) is 31.9. The van der Waals surface area contributed by atoms with Crippen LogP contribution in [0, 0.1) is 0 Å². The minimum absolute atomic E-state index is 0.108. The smallest absolute Gasteiger partial charge is 0.416 e. The van der Waals surface area contributed by atoms with Crippen molar-refractivity contribution in [2.45, 2.75) is 29.9 Å². The van der Waals surface area contributed by atoms with E-state index in [-0.39, 0.29) is 17.0 Å². The average Bonchev–Trinajstić information content (AvgIpc) is 3.57. The minimum Gasteiger partial charge on any atom is -0.760 e. The molecule has 0 saturated carbocycles. The van der Waals surface area contributed by atoms with Gasteiger partial charge in [0.05, 0.1) is 33.6 Å². The molecule has 9 nitrogen and oxygen atoms in total. The maximum atomic E-state index is 13.8. The topological polar surface area (TPSA) is 138 Å². The summed E-state index contributed by atoms with van der Waals surface area (Å²) in [5.41, 5.74) is -2.17. The van der Waals surface area contributed by atoms with Crippen LogP contribution in [-0.2, 0) is 45.8 Å². The van der Waals surface area contributed by atoms with Gasteiger partial charge >= 0.3 is 12.4 Å². The molecule has 0 radical (unpaired) electrons. The van der Waals surface area contributed by atoms with Crippen LogP contribution in [0.5, 0.6) is 0 Å². The Morgan fingerprint density at radius 1 is 0.909 bits per heavy atom. The van der Waals surface area contributed by atoms with Crippen molar-refractivity contribution < 1.29 is 47.9 Å². The van der Waals surface area contributed by atoms with Crippen LogP contribution in [0.25, 0.3) is 21.3 Å². The van der Waals surface area contributed by atoms with Gasteiger partial charge in [-0.2, -0.15) is 26.3 Å². The summed E-state index contributed by atoms with van der Waals surface area (Å²) in [4.78, 5) is 4.37. The van der Waals surface area contributed by atoms with Gasteiger partial charge in [0.1, 0.15) is 5.01 Å². The van der Waals surface area contributed by atoms with Crippen LogP contribution < -0.4 is 4.72 Å². The summed E-state index contributed by atoms with van der Waals surface area (Å²) in [5, 5.41) is 5.25. The number of aromatic nitrogens is 3. The quantitative estimate of drug-likeness (QED) is 0.149. The van der Waals surface area contributed by atoms with Crippen molar-refractivity contribution in [2.75, 3.05) is 0 Å². The van der Waals surface area contributed by atoms with Gasteiger partial charge in [-0.25, -0.2) is 18.1 Å². The monoisotopic (exact) mass is 675 g/mol. The third-order valence-electron chi connectivity index (χ3n) is 6.16. The van der Waals surface area contributed by atoms with E-state index >= 15 is 0 Å². The largest absolute Gasteiger partial charge is 0.760 e. The van der Waals surface area contributed by atoms with Crippen LogP contribution >= 0.6 is 11.3 Å². The molecule has 0 fully saturated rings. The lowest BCUT2D eigenvalue weighted by molar-refractivity contribution is -0.143. The van der Waals surface area contributed by atoms with E-state index < -0.39 is 73.6 Å². The van der Waals surface area contributed by atoms with E-state index in [4.69, 9.17) is 4.42 Å². The second-order valence-corrected chi connectivity index (χ2v) is 13.2. The molecular weight excluding hydrogens is 658 g/mol. The van der Waals surface area contributed by atoms with Crippen molar-refractivity contribution in [2.24, 2.45) is 0 Å². The molecule has 2 heterocycles. The molecule has 2 atom stereocenters. The first-order chi connectivity index (χ1) is 20.6. The molecule has 0 spiro atoms.